The predicted octanol–water partition coefficient (Wildman–Crippen LogP) is 5.18. The summed E-state index contributed by atoms with van der Waals surface area (Å²) in [6, 6.07) is 23.9. The van der Waals surface area contributed by atoms with Crippen LogP contribution in [-0.4, -0.2) is 28.7 Å². The molecule has 0 heterocycles. The van der Waals surface area contributed by atoms with Gasteiger partial charge in [-0.05, 0) is 50.6 Å². The minimum Gasteiger partial charge on any atom is -0.345 e. The molecule has 0 bridgehead atoms. The zero-order valence-electron chi connectivity index (χ0n) is 19.5. The Balaban J connectivity index is 1.55. The number of rotatable bonds is 9. The van der Waals surface area contributed by atoms with Gasteiger partial charge in [0, 0.05) is 5.69 Å². The molecule has 0 saturated heterocycles. The third-order valence-electron chi connectivity index (χ3n) is 5.25. The molecule has 34 heavy (non-hydrogen) atoms. The zero-order chi connectivity index (χ0) is 24.5. The van der Waals surface area contributed by atoms with Gasteiger partial charge >= 0.3 is 0 Å². The third-order valence-corrected chi connectivity index (χ3v) is 6.39. The summed E-state index contributed by atoms with van der Waals surface area (Å²) in [6.45, 7) is 5.63. The van der Waals surface area contributed by atoms with E-state index in [0.717, 1.165) is 16.8 Å². The predicted molar refractivity (Wildman–Crippen MR) is 139 cm³/mol. The second kappa shape index (κ2) is 12.0. The summed E-state index contributed by atoms with van der Waals surface area (Å²) in [5.41, 5.74) is 3.64. The maximum Gasteiger partial charge on any atom is 0.253 e. The van der Waals surface area contributed by atoms with Crippen LogP contribution in [0.5, 0.6) is 0 Å². The average molecular weight is 476 g/mol. The van der Waals surface area contributed by atoms with Crippen molar-refractivity contribution in [1.82, 2.24) is 5.32 Å². The topological polar surface area (TPSA) is 87.3 Å². The lowest BCUT2D eigenvalue weighted by atomic mass is 10.1. The van der Waals surface area contributed by atoms with E-state index in [1.54, 1.807) is 31.2 Å². The number of carbonyl (C=O) groups excluding carboxylic acids is 3. The Hall–Kier alpha value is -3.58. The number of benzene rings is 3. The molecule has 0 spiro atoms. The van der Waals surface area contributed by atoms with Gasteiger partial charge in [0.2, 0.25) is 11.8 Å². The molecule has 2 unspecified atom stereocenters. The highest BCUT2D eigenvalue weighted by Gasteiger charge is 2.19. The van der Waals surface area contributed by atoms with Crippen LogP contribution >= 0.6 is 11.8 Å². The molecule has 7 heteroatoms. The van der Waals surface area contributed by atoms with Gasteiger partial charge in [0.1, 0.15) is 0 Å². The fourth-order valence-corrected chi connectivity index (χ4v) is 3.92. The van der Waals surface area contributed by atoms with Crippen molar-refractivity contribution in [3.8, 4) is 0 Å². The quantitative estimate of drug-likeness (QED) is 0.398. The van der Waals surface area contributed by atoms with Gasteiger partial charge in [0.15, 0.2) is 0 Å². The lowest BCUT2D eigenvalue weighted by Crippen LogP contribution is -2.29. The second-order valence-electron chi connectivity index (χ2n) is 8.01. The first-order valence-electron chi connectivity index (χ1n) is 11.1. The highest BCUT2D eigenvalue weighted by atomic mass is 32.2. The number of thioether (sulfide) groups is 1. The molecule has 3 N–H and O–H groups in total. The Morgan fingerprint density at radius 2 is 1.47 bits per heavy atom. The van der Waals surface area contributed by atoms with Crippen LogP contribution in [0.4, 0.5) is 11.4 Å². The number of aryl methyl sites for hydroxylation is 1. The van der Waals surface area contributed by atoms with Crippen molar-refractivity contribution in [2.24, 2.45) is 0 Å². The van der Waals surface area contributed by atoms with Crippen LogP contribution in [0.2, 0.25) is 0 Å². The van der Waals surface area contributed by atoms with E-state index >= 15 is 0 Å². The summed E-state index contributed by atoms with van der Waals surface area (Å²) in [4.78, 5) is 37.9. The van der Waals surface area contributed by atoms with Crippen molar-refractivity contribution in [1.29, 1.82) is 0 Å². The lowest BCUT2D eigenvalue weighted by molar-refractivity contribution is -0.115. The van der Waals surface area contributed by atoms with Gasteiger partial charge < -0.3 is 16.0 Å². The van der Waals surface area contributed by atoms with E-state index in [4.69, 9.17) is 0 Å². The number of carbonyl (C=O) groups is 3. The number of para-hydroxylation sites is 1. The van der Waals surface area contributed by atoms with Crippen LogP contribution in [0.25, 0.3) is 0 Å². The van der Waals surface area contributed by atoms with E-state index in [2.05, 4.69) is 16.0 Å². The van der Waals surface area contributed by atoms with E-state index in [0.29, 0.717) is 11.3 Å². The van der Waals surface area contributed by atoms with Gasteiger partial charge in [0.25, 0.3) is 5.91 Å². The largest absolute Gasteiger partial charge is 0.345 e. The van der Waals surface area contributed by atoms with Crippen LogP contribution in [0.1, 0.15) is 41.4 Å². The van der Waals surface area contributed by atoms with Gasteiger partial charge in [-0.25, -0.2) is 0 Å². The lowest BCUT2D eigenvalue weighted by Gasteiger charge is -2.17. The SMILES string of the molecule is Cc1ccc(NC(=O)CSC(C)C(=O)Nc2ccccc2C(=O)NC(C)c2ccccc2)cc1. The van der Waals surface area contributed by atoms with Crippen LogP contribution in [0.15, 0.2) is 78.9 Å². The molecule has 0 radical (unpaired) electrons. The van der Waals surface area contributed by atoms with Gasteiger partial charge in [0.05, 0.1) is 28.3 Å². The Bertz CT molecular complexity index is 1130. The molecule has 0 aliphatic heterocycles. The Labute approximate surface area is 204 Å². The number of hydrogen-bond donors (Lipinski definition) is 3. The van der Waals surface area contributed by atoms with E-state index in [1.807, 2.05) is 68.4 Å². The van der Waals surface area contributed by atoms with Crippen molar-refractivity contribution >= 4 is 40.9 Å². The molecule has 3 rings (SSSR count). The molecule has 2 atom stereocenters. The first-order valence-corrected chi connectivity index (χ1v) is 12.1. The second-order valence-corrected chi connectivity index (χ2v) is 9.34. The van der Waals surface area contributed by atoms with E-state index < -0.39 is 5.25 Å². The normalized spacial score (nSPS) is 12.3. The summed E-state index contributed by atoms with van der Waals surface area (Å²) < 4.78 is 0. The number of hydrogen-bond acceptors (Lipinski definition) is 4. The molecule has 6 nitrogen and oxygen atoms in total. The van der Waals surface area contributed by atoms with Crippen molar-refractivity contribution in [3.63, 3.8) is 0 Å². The molecule has 0 aliphatic rings. The summed E-state index contributed by atoms with van der Waals surface area (Å²) in [6.07, 6.45) is 0. The highest BCUT2D eigenvalue weighted by Crippen LogP contribution is 2.20. The highest BCUT2D eigenvalue weighted by molar-refractivity contribution is 8.01. The molecule has 3 amide bonds. The number of amides is 3. The van der Waals surface area contributed by atoms with Crippen LogP contribution in [-0.2, 0) is 9.59 Å². The van der Waals surface area contributed by atoms with Gasteiger partial charge in [-0.3, -0.25) is 14.4 Å². The van der Waals surface area contributed by atoms with Gasteiger partial charge in [-0.1, -0.05) is 60.2 Å². The molecular weight excluding hydrogens is 446 g/mol. The monoisotopic (exact) mass is 475 g/mol. The molecule has 3 aromatic rings. The van der Waals surface area contributed by atoms with E-state index in [9.17, 15) is 14.4 Å². The minimum absolute atomic E-state index is 0.138. The first-order chi connectivity index (χ1) is 16.3. The molecule has 0 fully saturated rings. The van der Waals surface area contributed by atoms with Crippen molar-refractivity contribution in [2.45, 2.75) is 32.1 Å². The molecular formula is C27H29N3O3S. The first kappa shape index (κ1) is 25.1. The standard InChI is InChI=1S/C27H29N3O3S/c1-18-13-15-22(16-14-18)29-25(31)17-34-20(3)26(32)30-24-12-8-7-11-23(24)27(33)28-19(2)21-9-5-4-6-10-21/h4-16,19-20H,17H2,1-3H3,(H,28,33)(H,29,31)(H,30,32). The van der Waals surface area contributed by atoms with Gasteiger partial charge in [-0.2, -0.15) is 0 Å². The summed E-state index contributed by atoms with van der Waals surface area (Å²) in [5.74, 6) is -0.586. The number of nitrogens with one attached hydrogen (secondary N) is 3. The van der Waals surface area contributed by atoms with Crippen molar-refractivity contribution in [3.05, 3.63) is 95.6 Å². The molecule has 0 saturated carbocycles. The third kappa shape index (κ3) is 7.22. The maximum absolute atomic E-state index is 12.9. The zero-order valence-corrected chi connectivity index (χ0v) is 20.3. The van der Waals surface area contributed by atoms with Crippen LogP contribution in [0.3, 0.4) is 0 Å². The Morgan fingerprint density at radius 1 is 0.824 bits per heavy atom. The van der Waals surface area contributed by atoms with Crippen LogP contribution < -0.4 is 16.0 Å². The minimum atomic E-state index is -0.483. The van der Waals surface area contributed by atoms with E-state index in [-0.39, 0.29) is 29.5 Å². The molecule has 3 aromatic carbocycles. The maximum atomic E-state index is 12.9. The van der Waals surface area contributed by atoms with Gasteiger partial charge in [-0.15, -0.1) is 11.8 Å². The molecule has 0 aliphatic carbocycles. The average Bonchev–Trinajstić information content (AvgIpc) is 2.84. The summed E-state index contributed by atoms with van der Waals surface area (Å²) >= 11 is 1.23. The number of anilines is 2. The molecule has 0 aromatic heterocycles. The fraction of sp³-hybridized carbons (Fsp3) is 0.222. The summed E-state index contributed by atoms with van der Waals surface area (Å²) in [5, 5.41) is 8.15. The Morgan fingerprint density at radius 3 is 2.18 bits per heavy atom. The Kier molecular flexibility index (Phi) is 8.87. The van der Waals surface area contributed by atoms with Crippen LogP contribution in [0, 0.1) is 6.92 Å². The fourth-order valence-electron chi connectivity index (χ4n) is 3.23. The summed E-state index contributed by atoms with van der Waals surface area (Å²) in [7, 11) is 0. The smallest absolute Gasteiger partial charge is 0.253 e. The molecule has 176 valence electrons. The van der Waals surface area contributed by atoms with Crippen molar-refractivity contribution < 1.29 is 14.4 Å². The van der Waals surface area contributed by atoms with Crippen molar-refractivity contribution in [2.75, 3.05) is 16.4 Å². The van der Waals surface area contributed by atoms with E-state index in [1.165, 1.54) is 11.8 Å².